The van der Waals surface area contributed by atoms with E-state index in [1.165, 1.54) is 12.0 Å². The Hall–Kier alpha value is -2.76. The first-order chi connectivity index (χ1) is 11.6. The number of hydrogen-bond acceptors (Lipinski definition) is 4. The zero-order valence-corrected chi connectivity index (χ0v) is 13.9. The Morgan fingerprint density at radius 1 is 1.21 bits per heavy atom. The summed E-state index contributed by atoms with van der Waals surface area (Å²) in [6, 6.07) is 12.4. The molecule has 0 saturated carbocycles. The van der Waals surface area contributed by atoms with Gasteiger partial charge in [-0.05, 0) is 30.2 Å². The van der Waals surface area contributed by atoms with E-state index >= 15 is 0 Å². The fourth-order valence-corrected chi connectivity index (χ4v) is 2.12. The number of nitrogens with zero attached hydrogens (tertiary/aromatic N) is 2. The predicted molar refractivity (Wildman–Crippen MR) is 91.8 cm³/mol. The molecule has 1 heterocycles. The number of unbranched alkanes of at least 4 members (excludes halogenated alkanes) is 1. The molecular weight excluding hydrogens is 308 g/mol. The second-order valence-corrected chi connectivity index (χ2v) is 5.25. The minimum atomic E-state index is -1.07. The summed E-state index contributed by atoms with van der Waals surface area (Å²) < 4.78 is 10.7. The van der Waals surface area contributed by atoms with Crippen molar-refractivity contribution in [3.8, 4) is 11.6 Å². The van der Waals surface area contributed by atoms with Gasteiger partial charge in [-0.25, -0.2) is 4.79 Å². The molecule has 0 fully saturated rings. The summed E-state index contributed by atoms with van der Waals surface area (Å²) in [5, 5.41) is 9.47. The topological polar surface area (TPSA) is 71.9 Å². The van der Waals surface area contributed by atoms with E-state index in [0.717, 1.165) is 24.2 Å². The second kappa shape index (κ2) is 8.76. The Balaban J connectivity index is 2.08. The van der Waals surface area contributed by atoms with Crippen molar-refractivity contribution in [2.24, 2.45) is 0 Å². The molecule has 0 radical (unpaired) electrons. The summed E-state index contributed by atoms with van der Waals surface area (Å²) in [4.78, 5) is 16.9. The molecule has 24 heavy (non-hydrogen) atoms. The summed E-state index contributed by atoms with van der Waals surface area (Å²) in [7, 11) is 1.49. The lowest BCUT2D eigenvalue weighted by Crippen LogP contribution is -2.29. The van der Waals surface area contributed by atoms with Crippen LogP contribution in [0.1, 0.15) is 25.3 Å². The van der Waals surface area contributed by atoms with E-state index in [4.69, 9.17) is 9.47 Å². The highest BCUT2D eigenvalue weighted by Crippen LogP contribution is 2.20. The van der Waals surface area contributed by atoms with E-state index in [-0.39, 0.29) is 6.54 Å². The molecule has 0 saturated heterocycles. The maximum atomic E-state index is 11.6. The molecule has 6 nitrogen and oxygen atoms in total. The Morgan fingerprint density at radius 3 is 2.58 bits per heavy atom. The number of ether oxygens (including phenoxy) is 2. The molecule has 1 amide bonds. The van der Waals surface area contributed by atoms with Crippen LogP contribution in [0.25, 0.3) is 0 Å². The van der Waals surface area contributed by atoms with Gasteiger partial charge in [-0.3, -0.25) is 4.90 Å². The first-order valence-corrected chi connectivity index (χ1v) is 7.87. The number of carbonyl (C=O) groups is 1. The molecule has 1 N–H and O–H groups in total. The first-order valence-electron chi connectivity index (χ1n) is 7.87. The van der Waals surface area contributed by atoms with Crippen LogP contribution in [0.3, 0.4) is 0 Å². The molecule has 1 aromatic carbocycles. The summed E-state index contributed by atoms with van der Waals surface area (Å²) in [5.74, 6) is 1.48. The maximum Gasteiger partial charge on any atom is 0.413 e. The van der Waals surface area contributed by atoms with Gasteiger partial charge >= 0.3 is 6.09 Å². The second-order valence-electron chi connectivity index (χ2n) is 5.25. The number of carboxylic acid groups (broad SMARTS) is 1. The quantitative estimate of drug-likeness (QED) is 0.742. The van der Waals surface area contributed by atoms with Crippen molar-refractivity contribution in [3.63, 3.8) is 0 Å². The van der Waals surface area contributed by atoms with Gasteiger partial charge in [-0.1, -0.05) is 31.5 Å². The minimum Gasteiger partial charge on any atom is -0.494 e. The number of aromatic nitrogens is 1. The molecule has 2 rings (SSSR count). The monoisotopic (exact) mass is 330 g/mol. The van der Waals surface area contributed by atoms with Crippen LogP contribution in [0.15, 0.2) is 42.5 Å². The highest BCUT2D eigenvalue weighted by Gasteiger charge is 2.17. The Kier molecular flexibility index (Phi) is 6.42. The fourth-order valence-electron chi connectivity index (χ4n) is 2.12. The molecule has 0 spiro atoms. The van der Waals surface area contributed by atoms with E-state index in [9.17, 15) is 9.90 Å². The Bertz CT molecular complexity index is 658. The van der Waals surface area contributed by atoms with Gasteiger partial charge in [0.25, 0.3) is 0 Å². The standard InChI is InChI=1S/C18H22N2O4/c1-3-4-12-24-15-10-8-14(9-11-15)13-20(18(21)22)16-6-5-7-17(19-16)23-2/h5-11H,3-4,12-13H2,1-2H3,(H,21,22). The van der Waals surface area contributed by atoms with E-state index in [2.05, 4.69) is 11.9 Å². The van der Waals surface area contributed by atoms with Crippen molar-refractivity contribution < 1.29 is 19.4 Å². The van der Waals surface area contributed by atoms with Crippen LogP contribution in [0.4, 0.5) is 10.6 Å². The molecule has 0 aliphatic rings. The van der Waals surface area contributed by atoms with Crippen molar-refractivity contribution in [1.82, 2.24) is 4.98 Å². The van der Waals surface area contributed by atoms with Gasteiger partial charge in [0, 0.05) is 6.07 Å². The third kappa shape index (κ3) is 4.87. The van der Waals surface area contributed by atoms with Crippen LogP contribution in [0.2, 0.25) is 0 Å². The van der Waals surface area contributed by atoms with Crippen molar-refractivity contribution in [1.29, 1.82) is 0 Å². The highest BCUT2D eigenvalue weighted by atomic mass is 16.5. The highest BCUT2D eigenvalue weighted by molar-refractivity contribution is 5.84. The third-order valence-electron chi connectivity index (χ3n) is 3.46. The predicted octanol–water partition coefficient (Wildman–Crippen LogP) is 3.95. The average Bonchev–Trinajstić information content (AvgIpc) is 2.61. The summed E-state index contributed by atoms with van der Waals surface area (Å²) in [5.41, 5.74) is 0.852. The molecule has 1 aromatic heterocycles. The normalized spacial score (nSPS) is 10.2. The zero-order chi connectivity index (χ0) is 17.4. The van der Waals surface area contributed by atoms with Crippen molar-refractivity contribution in [2.75, 3.05) is 18.6 Å². The molecule has 128 valence electrons. The SMILES string of the molecule is CCCCOc1ccc(CN(C(=O)O)c2cccc(OC)n2)cc1. The van der Waals surface area contributed by atoms with Crippen molar-refractivity contribution in [3.05, 3.63) is 48.0 Å². The number of anilines is 1. The average molecular weight is 330 g/mol. The lowest BCUT2D eigenvalue weighted by atomic mass is 10.2. The zero-order valence-electron chi connectivity index (χ0n) is 13.9. The van der Waals surface area contributed by atoms with E-state index in [0.29, 0.717) is 18.3 Å². The molecule has 0 atom stereocenters. The van der Waals surface area contributed by atoms with Gasteiger partial charge in [0.2, 0.25) is 5.88 Å². The minimum absolute atomic E-state index is 0.199. The number of pyridine rings is 1. The fraction of sp³-hybridized carbons (Fsp3) is 0.333. The third-order valence-corrected chi connectivity index (χ3v) is 3.46. The molecule has 6 heteroatoms. The van der Waals surface area contributed by atoms with Gasteiger partial charge in [0.15, 0.2) is 0 Å². The molecule has 2 aromatic rings. The van der Waals surface area contributed by atoms with Crippen molar-refractivity contribution >= 4 is 11.9 Å². The van der Waals surface area contributed by atoms with Crippen LogP contribution in [0, 0.1) is 0 Å². The van der Waals surface area contributed by atoms with Crippen molar-refractivity contribution in [2.45, 2.75) is 26.3 Å². The molecule has 0 aliphatic heterocycles. The van der Waals surface area contributed by atoms with Crippen LogP contribution in [0.5, 0.6) is 11.6 Å². The van der Waals surface area contributed by atoms with E-state index in [1.54, 1.807) is 18.2 Å². The Labute approximate surface area is 141 Å². The van der Waals surface area contributed by atoms with Crippen LogP contribution in [-0.2, 0) is 6.54 Å². The lowest BCUT2D eigenvalue weighted by molar-refractivity contribution is 0.201. The molecule has 0 aliphatic carbocycles. The van der Waals surface area contributed by atoms with Crippen LogP contribution < -0.4 is 14.4 Å². The number of methoxy groups -OCH3 is 1. The lowest BCUT2D eigenvalue weighted by Gasteiger charge is -2.19. The summed E-state index contributed by atoms with van der Waals surface area (Å²) in [6.45, 7) is 3.00. The summed E-state index contributed by atoms with van der Waals surface area (Å²) >= 11 is 0. The molecular formula is C18H22N2O4. The van der Waals surface area contributed by atoms with E-state index in [1.807, 2.05) is 24.3 Å². The number of hydrogen-bond donors (Lipinski definition) is 1. The van der Waals surface area contributed by atoms with Gasteiger partial charge in [-0.2, -0.15) is 4.98 Å². The first kappa shape index (κ1) is 17.6. The van der Waals surface area contributed by atoms with Crippen LogP contribution in [-0.4, -0.2) is 29.9 Å². The smallest absolute Gasteiger partial charge is 0.413 e. The van der Waals surface area contributed by atoms with Gasteiger partial charge in [0.1, 0.15) is 11.6 Å². The number of amides is 1. The summed E-state index contributed by atoms with van der Waals surface area (Å²) in [6.07, 6.45) is 1.02. The van der Waals surface area contributed by atoms with E-state index < -0.39 is 6.09 Å². The maximum absolute atomic E-state index is 11.6. The van der Waals surface area contributed by atoms with Gasteiger partial charge in [0.05, 0.1) is 20.3 Å². The molecule has 0 unspecified atom stereocenters. The largest absolute Gasteiger partial charge is 0.494 e. The molecule has 0 bridgehead atoms. The van der Waals surface area contributed by atoms with Gasteiger partial charge < -0.3 is 14.6 Å². The Morgan fingerprint density at radius 2 is 1.96 bits per heavy atom. The number of rotatable bonds is 8. The number of benzene rings is 1. The van der Waals surface area contributed by atoms with Gasteiger partial charge in [-0.15, -0.1) is 0 Å². The van der Waals surface area contributed by atoms with Crippen LogP contribution >= 0.6 is 0 Å².